The monoisotopic (exact) mass is 282 g/mol. The molecule has 3 rings (SSSR count). The van der Waals surface area contributed by atoms with Crippen molar-refractivity contribution < 1.29 is 4.79 Å². The molecule has 1 aliphatic heterocycles. The van der Waals surface area contributed by atoms with Crippen LogP contribution in [-0.2, 0) is 4.79 Å². The molecular formula is C15H26N2OS. The molecule has 2 saturated carbocycles. The predicted octanol–water partition coefficient (Wildman–Crippen LogP) is 2.17. The van der Waals surface area contributed by atoms with E-state index in [1.54, 1.807) is 0 Å². The predicted molar refractivity (Wildman–Crippen MR) is 80.4 cm³/mol. The number of rotatable bonds is 4. The van der Waals surface area contributed by atoms with Gasteiger partial charge in [-0.25, -0.2) is 0 Å². The van der Waals surface area contributed by atoms with Crippen LogP contribution >= 0.6 is 11.8 Å². The highest BCUT2D eigenvalue weighted by Gasteiger charge is 2.57. The summed E-state index contributed by atoms with van der Waals surface area (Å²) >= 11 is 1.96. The number of amides is 1. The van der Waals surface area contributed by atoms with Crippen LogP contribution in [-0.4, -0.2) is 36.5 Å². The number of carbonyl (C=O) groups excluding carboxylic acids is 1. The summed E-state index contributed by atoms with van der Waals surface area (Å²) in [6.07, 6.45) is 10.9. The number of nitrogens with one attached hydrogen (secondary N) is 2. The summed E-state index contributed by atoms with van der Waals surface area (Å²) in [6, 6.07) is 0. The Bertz CT molecular complexity index is 346. The fourth-order valence-corrected chi connectivity index (χ4v) is 4.95. The summed E-state index contributed by atoms with van der Waals surface area (Å²) in [5.74, 6) is 0.650. The van der Waals surface area contributed by atoms with Crippen LogP contribution in [0.3, 0.4) is 0 Å². The zero-order valence-electron chi connectivity index (χ0n) is 12.0. The van der Waals surface area contributed by atoms with Crippen molar-refractivity contribution in [2.24, 2.45) is 11.3 Å². The molecule has 1 amide bonds. The van der Waals surface area contributed by atoms with Gasteiger partial charge in [-0.15, -0.1) is 0 Å². The Morgan fingerprint density at radius 1 is 1.26 bits per heavy atom. The third kappa shape index (κ3) is 2.66. The minimum absolute atomic E-state index is 0.315. The lowest BCUT2D eigenvalue weighted by Gasteiger charge is -2.28. The molecule has 3 nitrogen and oxygen atoms in total. The smallest absolute Gasteiger partial charge is 0.223 e. The standard InChI is InChI=1S/C15H26N2OS/c1-19-15(4-2-3-5-15)11-17-13(18)12-10-14(12)6-8-16-9-7-14/h12,16H,2-11H2,1H3,(H,17,18). The molecule has 0 aromatic carbocycles. The first-order valence-corrected chi connectivity index (χ1v) is 8.96. The van der Waals surface area contributed by atoms with Gasteiger partial charge < -0.3 is 10.6 Å². The Labute approximate surface area is 120 Å². The van der Waals surface area contributed by atoms with Gasteiger partial charge in [0.1, 0.15) is 0 Å². The van der Waals surface area contributed by atoms with Gasteiger partial charge in [0.25, 0.3) is 0 Å². The lowest BCUT2D eigenvalue weighted by Crippen LogP contribution is -2.40. The molecule has 1 unspecified atom stereocenters. The molecule has 2 N–H and O–H groups in total. The molecule has 1 heterocycles. The SMILES string of the molecule is CSC1(CNC(=O)C2CC23CCNCC3)CCCC1. The second-order valence-electron chi connectivity index (χ2n) is 6.68. The van der Waals surface area contributed by atoms with Crippen molar-refractivity contribution in [2.45, 2.75) is 49.7 Å². The van der Waals surface area contributed by atoms with Gasteiger partial charge in [-0.1, -0.05) is 12.8 Å². The minimum Gasteiger partial charge on any atom is -0.354 e. The fraction of sp³-hybridized carbons (Fsp3) is 0.933. The summed E-state index contributed by atoms with van der Waals surface area (Å²) in [7, 11) is 0. The number of piperidine rings is 1. The first-order valence-electron chi connectivity index (χ1n) is 7.73. The highest BCUT2D eigenvalue weighted by molar-refractivity contribution is 8.00. The van der Waals surface area contributed by atoms with Crippen LogP contribution in [0.2, 0.25) is 0 Å². The largest absolute Gasteiger partial charge is 0.354 e. The summed E-state index contributed by atoms with van der Waals surface area (Å²) in [5.41, 5.74) is 0.373. The van der Waals surface area contributed by atoms with Crippen LogP contribution in [0.4, 0.5) is 0 Å². The lowest BCUT2D eigenvalue weighted by atomic mass is 9.91. The van der Waals surface area contributed by atoms with Gasteiger partial charge in [0.2, 0.25) is 5.91 Å². The Hall–Kier alpha value is -0.220. The third-order valence-corrected chi connectivity index (χ3v) is 7.06. The van der Waals surface area contributed by atoms with Crippen molar-refractivity contribution >= 4 is 17.7 Å². The lowest BCUT2D eigenvalue weighted by molar-refractivity contribution is -0.123. The molecule has 4 heteroatoms. The maximum atomic E-state index is 12.4. The van der Waals surface area contributed by atoms with E-state index in [-0.39, 0.29) is 0 Å². The van der Waals surface area contributed by atoms with Crippen LogP contribution in [0.5, 0.6) is 0 Å². The number of hydrogen-bond donors (Lipinski definition) is 2. The zero-order valence-corrected chi connectivity index (χ0v) is 12.8. The van der Waals surface area contributed by atoms with Crippen LogP contribution in [0.1, 0.15) is 44.9 Å². The molecule has 2 aliphatic carbocycles. The maximum absolute atomic E-state index is 12.4. The van der Waals surface area contributed by atoms with E-state index in [9.17, 15) is 4.79 Å². The quantitative estimate of drug-likeness (QED) is 0.830. The molecule has 108 valence electrons. The second-order valence-corrected chi connectivity index (χ2v) is 7.96. The molecule has 0 aromatic rings. The molecule has 0 bridgehead atoms. The van der Waals surface area contributed by atoms with Crippen LogP contribution in [0.15, 0.2) is 0 Å². The van der Waals surface area contributed by atoms with E-state index >= 15 is 0 Å². The Morgan fingerprint density at radius 2 is 1.95 bits per heavy atom. The summed E-state index contributed by atoms with van der Waals surface area (Å²) in [5, 5.41) is 6.67. The molecule has 0 radical (unpaired) electrons. The highest BCUT2D eigenvalue weighted by Crippen LogP contribution is 2.58. The second kappa shape index (κ2) is 5.28. The van der Waals surface area contributed by atoms with Crippen LogP contribution < -0.4 is 10.6 Å². The molecule has 1 spiro atoms. The number of carbonyl (C=O) groups is 1. The maximum Gasteiger partial charge on any atom is 0.223 e. The van der Waals surface area contributed by atoms with E-state index in [4.69, 9.17) is 0 Å². The third-order valence-electron chi connectivity index (χ3n) is 5.64. The van der Waals surface area contributed by atoms with Crippen LogP contribution in [0, 0.1) is 11.3 Å². The molecule has 1 atom stereocenters. The first-order chi connectivity index (χ1) is 9.20. The summed E-state index contributed by atoms with van der Waals surface area (Å²) in [6.45, 7) is 3.08. The van der Waals surface area contributed by atoms with E-state index in [1.807, 2.05) is 11.8 Å². The van der Waals surface area contributed by atoms with Gasteiger partial charge in [0.05, 0.1) is 0 Å². The van der Waals surface area contributed by atoms with Crippen molar-refractivity contribution in [3.63, 3.8) is 0 Å². The van der Waals surface area contributed by atoms with Gasteiger partial charge in [0.15, 0.2) is 0 Å². The molecule has 1 saturated heterocycles. The fourth-order valence-electron chi connectivity index (χ4n) is 4.04. The van der Waals surface area contributed by atoms with Crippen molar-refractivity contribution in [3.05, 3.63) is 0 Å². The van der Waals surface area contributed by atoms with Crippen molar-refractivity contribution in [2.75, 3.05) is 25.9 Å². The Kier molecular flexibility index (Phi) is 3.82. The molecule has 3 aliphatic rings. The van der Waals surface area contributed by atoms with E-state index in [0.717, 1.165) is 26.1 Å². The Morgan fingerprint density at radius 3 is 2.58 bits per heavy atom. The minimum atomic E-state index is 0.315. The average molecular weight is 282 g/mol. The van der Waals surface area contributed by atoms with Gasteiger partial charge in [-0.05, 0) is 56.9 Å². The summed E-state index contributed by atoms with van der Waals surface area (Å²) in [4.78, 5) is 12.4. The first kappa shape index (κ1) is 13.7. The van der Waals surface area contributed by atoms with Crippen molar-refractivity contribution in [1.29, 1.82) is 0 Å². The van der Waals surface area contributed by atoms with E-state index in [1.165, 1.54) is 38.5 Å². The van der Waals surface area contributed by atoms with Crippen molar-refractivity contribution in [3.8, 4) is 0 Å². The van der Waals surface area contributed by atoms with Gasteiger partial charge >= 0.3 is 0 Å². The molecule has 19 heavy (non-hydrogen) atoms. The number of hydrogen-bond acceptors (Lipinski definition) is 3. The van der Waals surface area contributed by atoms with E-state index in [0.29, 0.717) is 22.0 Å². The topological polar surface area (TPSA) is 41.1 Å². The zero-order chi connectivity index (χ0) is 13.3. The number of thioether (sulfide) groups is 1. The molecule has 3 fully saturated rings. The van der Waals surface area contributed by atoms with E-state index in [2.05, 4.69) is 16.9 Å². The highest BCUT2D eigenvalue weighted by atomic mass is 32.2. The van der Waals surface area contributed by atoms with Crippen LogP contribution in [0.25, 0.3) is 0 Å². The molecular weight excluding hydrogens is 256 g/mol. The Balaban J connectivity index is 1.50. The van der Waals surface area contributed by atoms with Gasteiger partial charge in [-0.2, -0.15) is 11.8 Å². The van der Waals surface area contributed by atoms with Crippen molar-refractivity contribution in [1.82, 2.24) is 10.6 Å². The normalized spacial score (nSPS) is 31.3. The summed E-state index contributed by atoms with van der Waals surface area (Å²) < 4.78 is 0.339. The van der Waals surface area contributed by atoms with E-state index < -0.39 is 0 Å². The van der Waals surface area contributed by atoms with Gasteiger partial charge in [-0.3, -0.25) is 4.79 Å². The van der Waals surface area contributed by atoms with Gasteiger partial charge in [0, 0.05) is 17.2 Å². The average Bonchev–Trinajstić information content (AvgIpc) is 2.93. The molecule has 0 aromatic heterocycles.